The second-order valence-electron chi connectivity index (χ2n) is 4.55. The van der Waals surface area contributed by atoms with Crippen molar-refractivity contribution in [1.29, 1.82) is 0 Å². The van der Waals surface area contributed by atoms with Gasteiger partial charge in [0.2, 0.25) is 0 Å². The van der Waals surface area contributed by atoms with Gasteiger partial charge in [0.05, 0.1) is 6.10 Å². The summed E-state index contributed by atoms with van der Waals surface area (Å²) < 4.78 is 0. The Labute approximate surface area is 81.9 Å². The topological polar surface area (TPSA) is 23.5 Å². The predicted molar refractivity (Wildman–Crippen MR) is 55.7 cm³/mol. The first-order valence-corrected chi connectivity index (χ1v) is 5.57. The van der Waals surface area contributed by atoms with Crippen LogP contribution in [0.5, 0.6) is 0 Å². The Morgan fingerprint density at radius 3 is 2.69 bits per heavy atom. The molecule has 13 heavy (non-hydrogen) atoms. The third-order valence-corrected chi connectivity index (χ3v) is 3.00. The average Bonchev–Trinajstić information content (AvgIpc) is 2.43. The minimum absolute atomic E-state index is 0.0794. The highest BCUT2D eigenvalue weighted by molar-refractivity contribution is 4.86. The summed E-state index contributed by atoms with van der Waals surface area (Å²) in [6, 6.07) is 0.613. The van der Waals surface area contributed by atoms with Crippen LogP contribution in [0.1, 0.15) is 40.0 Å². The first-order valence-electron chi connectivity index (χ1n) is 5.57. The number of nitrogens with zero attached hydrogens (tertiary/aromatic N) is 1. The molecule has 1 fully saturated rings. The van der Waals surface area contributed by atoms with Crippen molar-refractivity contribution in [2.45, 2.75) is 52.2 Å². The normalized spacial score (nSPS) is 30.2. The Hall–Kier alpha value is -0.0800. The van der Waals surface area contributed by atoms with Crippen LogP contribution in [0, 0.1) is 5.92 Å². The van der Waals surface area contributed by atoms with E-state index in [4.69, 9.17) is 0 Å². The van der Waals surface area contributed by atoms with E-state index in [-0.39, 0.29) is 6.10 Å². The zero-order valence-corrected chi connectivity index (χ0v) is 9.16. The lowest BCUT2D eigenvalue weighted by Crippen LogP contribution is -2.34. The van der Waals surface area contributed by atoms with Gasteiger partial charge in [-0.1, -0.05) is 27.2 Å². The monoisotopic (exact) mass is 185 g/mol. The zero-order chi connectivity index (χ0) is 9.84. The molecule has 0 aromatic carbocycles. The molecular weight excluding hydrogens is 162 g/mol. The smallest absolute Gasteiger partial charge is 0.0682 e. The first kappa shape index (κ1) is 11.0. The summed E-state index contributed by atoms with van der Waals surface area (Å²) in [4.78, 5) is 2.46. The van der Waals surface area contributed by atoms with Crippen LogP contribution >= 0.6 is 0 Å². The summed E-state index contributed by atoms with van der Waals surface area (Å²) in [6.45, 7) is 8.78. The summed E-state index contributed by atoms with van der Waals surface area (Å²) in [7, 11) is 0. The Morgan fingerprint density at radius 2 is 2.15 bits per heavy atom. The van der Waals surface area contributed by atoms with Crippen molar-refractivity contribution in [1.82, 2.24) is 4.90 Å². The number of likely N-dealkylation sites (tertiary alicyclic amines) is 1. The van der Waals surface area contributed by atoms with Gasteiger partial charge in [-0.2, -0.15) is 0 Å². The number of hydrogen-bond donors (Lipinski definition) is 1. The zero-order valence-electron chi connectivity index (χ0n) is 9.16. The summed E-state index contributed by atoms with van der Waals surface area (Å²) in [6.07, 6.45) is 3.40. The first-order chi connectivity index (χ1) is 6.15. The summed E-state index contributed by atoms with van der Waals surface area (Å²) >= 11 is 0. The predicted octanol–water partition coefficient (Wildman–Crippen LogP) is 1.88. The van der Waals surface area contributed by atoms with Crippen LogP contribution in [0.3, 0.4) is 0 Å². The van der Waals surface area contributed by atoms with Gasteiger partial charge < -0.3 is 5.11 Å². The van der Waals surface area contributed by atoms with Crippen molar-refractivity contribution in [3.05, 3.63) is 0 Å². The van der Waals surface area contributed by atoms with Gasteiger partial charge in [0, 0.05) is 12.6 Å². The Kier molecular flexibility index (Phi) is 4.20. The molecule has 0 saturated carbocycles. The lowest BCUT2D eigenvalue weighted by Gasteiger charge is -2.26. The fraction of sp³-hybridized carbons (Fsp3) is 1.00. The highest BCUT2D eigenvalue weighted by atomic mass is 16.3. The molecule has 0 amide bonds. The number of unbranched alkanes of at least 4 members (excludes halogenated alkanes) is 1. The molecule has 78 valence electrons. The molecule has 1 aliphatic rings. The number of aliphatic hydroxyl groups is 1. The molecule has 0 aliphatic carbocycles. The number of aliphatic hydroxyl groups excluding tert-OH is 1. The molecule has 1 rings (SSSR count). The lowest BCUT2D eigenvalue weighted by molar-refractivity contribution is 0.171. The molecule has 0 spiro atoms. The Balaban J connectivity index is 2.41. The largest absolute Gasteiger partial charge is 0.392 e. The van der Waals surface area contributed by atoms with E-state index in [2.05, 4.69) is 25.7 Å². The van der Waals surface area contributed by atoms with E-state index >= 15 is 0 Å². The molecule has 2 heteroatoms. The van der Waals surface area contributed by atoms with Crippen LogP contribution in [-0.4, -0.2) is 35.2 Å². The van der Waals surface area contributed by atoms with Crippen LogP contribution in [0.25, 0.3) is 0 Å². The number of β-amino-alcohol motifs (C(OH)–C–C–N with tert-alkyl or cyclic N) is 1. The Morgan fingerprint density at radius 1 is 1.46 bits per heavy atom. The minimum Gasteiger partial charge on any atom is -0.392 e. The fourth-order valence-corrected chi connectivity index (χ4v) is 2.22. The van der Waals surface area contributed by atoms with Gasteiger partial charge in [-0.15, -0.1) is 0 Å². The summed E-state index contributed by atoms with van der Waals surface area (Å²) in [5, 5.41) is 9.58. The van der Waals surface area contributed by atoms with E-state index in [1.165, 1.54) is 12.8 Å². The molecule has 0 aromatic heterocycles. The second kappa shape index (κ2) is 4.97. The van der Waals surface area contributed by atoms with E-state index in [9.17, 15) is 5.11 Å². The van der Waals surface area contributed by atoms with E-state index in [0.717, 1.165) is 19.5 Å². The van der Waals surface area contributed by atoms with Crippen LogP contribution in [-0.2, 0) is 0 Å². The van der Waals surface area contributed by atoms with E-state index in [1.54, 1.807) is 0 Å². The number of hydrogen-bond acceptors (Lipinski definition) is 2. The van der Waals surface area contributed by atoms with Gasteiger partial charge in [0.1, 0.15) is 0 Å². The molecule has 0 aromatic rings. The van der Waals surface area contributed by atoms with Crippen molar-refractivity contribution in [2.75, 3.05) is 13.1 Å². The SMILES string of the molecule is CCCCN1CC(O)CC1C(C)C. The summed E-state index contributed by atoms with van der Waals surface area (Å²) in [5.74, 6) is 0.675. The molecule has 2 unspecified atom stereocenters. The van der Waals surface area contributed by atoms with Crippen molar-refractivity contribution >= 4 is 0 Å². The van der Waals surface area contributed by atoms with Crippen molar-refractivity contribution in [3.63, 3.8) is 0 Å². The second-order valence-corrected chi connectivity index (χ2v) is 4.55. The molecule has 2 atom stereocenters. The minimum atomic E-state index is -0.0794. The molecule has 1 saturated heterocycles. The van der Waals surface area contributed by atoms with Gasteiger partial charge in [0.15, 0.2) is 0 Å². The van der Waals surface area contributed by atoms with Crippen molar-refractivity contribution in [3.8, 4) is 0 Å². The maximum absolute atomic E-state index is 9.58. The maximum Gasteiger partial charge on any atom is 0.0682 e. The van der Waals surface area contributed by atoms with Gasteiger partial charge in [-0.25, -0.2) is 0 Å². The molecule has 0 radical (unpaired) electrons. The molecule has 1 N–H and O–H groups in total. The number of rotatable bonds is 4. The summed E-state index contributed by atoms with van der Waals surface area (Å²) in [5.41, 5.74) is 0. The van der Waals surface area contributed by atoms with E-state index in [1.807, 2.05) is 0 Å². The van der Waals surface area contributed by atoms with E-state index in [0.29, 0.717) is 12.0 Å². The van der Waals surface area contributed by atoms with Crippen molar-refractivity contribution < 1.29 is 5.11 Å². The lowest BCUT2D eigenvalue weighted by atomic mass is 10.0. The molecular formula is C11H23NO. The Bertz CT molecular complexity index is 147. The van der Waals surface area contributed by atoms with Gasteiger partial charge in [-0.05, 0) is 25.3 Å². The molecule has 0 bridgehead atoms. The fourth-order valence-electron chi connectivity index (χ4n) is 2.22. The third kappa shape index (κ3) is 2.96. The van der Waals surface area contributed by atoms with Gasteiger partial charge >= 0.3 is 0 Å². The van der Waals surface area contributed by atoms with Crippen LogP contribution < -0.4 is 0 Å². The van der Waals surface area contributed by atoms with Crippen LogP contribution in [0.2, 0.25) is 0 Å². The molecule has 1 heterocycles. The highest BCUT2D eigenvalue weighted by Gasteiger charge is 2.31. The molecule has 1 aliphatic heterocycles. The van der Waals surface area contributed by atoms with Crippen molar-refractivity contribution in [2.24, 2.45) is 5.92 Å². The maximum atomic E-state index is 9.58. The van der Waals surface area contributed by atoms with Gasteiger partial charge in [0.25, 0.3) is 0 Å². The standard InChI is InChI=1S/C11H23NO/c1-4-5-6-12-8-10(13)7-11(12)9(2)3/h9-11,13H,4-8H2,1-3H3. The third-order valence-electron chi connectivity index (χ3n) is 3.00. The molecule has 2 nitrogen and oxygen atoms in total. The van der Waals surface area contributed by atoms with Crippen LogP contribution in [0.15, 0.2) is 0 Å². The average molecular weight is 185 g/mol. The van der Waals surface area contributed by atoms with E-state index < -0.39 is 0 Å². The van der Waals surface area contributed by atoms with Gasteiger partial charge in [-0.3, -0.25) is 4.90 Å². The quantitative estimate of drug-likeness (QED) is 0.723. The highest BCUT2D eigenvalue weighted by Crippen LogP contribution is 2.24. The van der Waals surface area contributed by atoms with Crippen LogP contribution in [0.4, 0.5) is 0 Å².